The van der Waals surface area contributed by atoms with E-state index < -0.39 is 5.60 Å². The number of aliphatic hydroxyl groups is 1. The minimum Gasteiger partial charge on any atom is -0.390 e. The average Bonchev–Trinajstić information content (AvgIpc) is 1.79. The molecule has 0 aliphatic heterocycles. The van der Waals surface area contributed by atoms with Crippen molar-refractivity contribution in [2.24, 2.45) is 17.1 Å². The van der Waals surface area contributed by atoms with E-state index in [1.165, 1.54) is 0 Å². The molecule has 1 fully saturated rings. The smallest absolute Gasteiger partial charge is 0.221 e. The Morgan fingerprint density at radius 1 is 1.46 bits per heavy atom. The van der Waals surface area contributed by atoms with E-state index in [1.807, 2.05) is 20.8 Å². The van der Waals surface area contributed by atoms with E-state index in [0.717, 1.165) is 0 Å². The quantitative estimate of drug-likeness (QED) is 0.641. The van der Waals surface area contributed by atoms with Gasteiger partial charge in [0.05, 0.1) is 5.60 Å². The van der Waals surface area contributed by atoms with Crippen LogP contribution in [-0.4, -0.2) is 16.6 Å². The molecule has 0 heterocycles. The van der Waals surface area contributed by atoms with Crippen LogP contribution in [0.15, 0.2) is 0 Å². The number of carbonyl (C=O) groups excluding carboxylic acids is 1. The molecule has 1 rings (SSSR count). The summed E-state index contributed by atoms with van der Waals surface area (Å²) in [7, 11) is 0. The topological polar surface area (TPSA) is 63.3 Å². The van der Waals surface area contributed by atoms with Gasteiger partial charge in [-0.05, 0) is 31.6 Å². The first-order valence-electron chi connectivity index (χ1n) is 4.76. The third-order valence-corrected chi connectivity index (χ3v) is 3.09. The number of nitrogens with two attached hydrogens (primary N) is 1. The normalized spacial score (nSPS) is 38.6. The number of hydrogen-bond donors (Lipinski definition) is 2. The largest absolute Gasteiger partial charge is 0.390 e. The zero-order valence-corrected chi connectivity index (χ0v) is 8.63. The molecule has 2 atom stereocenters. The van der Waals surface area contributed by atoms with Crippen LogP contribution in [0.1, 0.15) is 40.0 Å². The fourth-order valence-electron chi connectivity index (χ4n) is 2.57. The molecular formula is C10H19NO2. The summed E-state index contributed by atoms with van der Waals surface area (Å²) < 4.78 is 0. The molecule has 0 aromatic heterocycles. The SMILES string of the molecule is CC1(C)C[C@](C)(O)CC[C@@H]1C(N)=O. The van der Waals surface area contributed by atoms with Crippen LogP contribution in [-0.2, 0) is 4.79 Å². The van der Waals surface area contributed by atoms with Crippen molar-refractivity contribution in [3.63, 3.8) is 0 Å². The van der Waals surface area contributed by atoms with E-state index in [0.29, 0.717) is 19.3 Å². The van der Waals surface area contributed by atoms with Gasteiger partial charge in [-0.25, -0.2) is 0 Å². The Labute approximate surface area is 79.3 Å². The van der Waals surface area contributed by atoms with E-state index in [-0.39, 0.29) is 17.2 Å². The third-order valence-electron chi connectivity index (χ3n) is 3.09. The lowest BCUT2D eigenvalue weighted by Crippen LogP contribution is -2.46. The molecule has 0 spiro atoms. The molecule has 1 aliphatic rings. The van der Waals surface area contributed by atoms with Crippen molar-refractivity contribution in [2.75, 3.05) is 0 Å². The predicted octanol–water partition coefficient (Wildman–Crippen LogP) is 1.05. The van der Waals surface area contributed by atoms with Crippen molar-refractivity contribution in [3.8, 4) is 0 Å². The molecule has 1 amide bonds. The fraction of sp³-hybridized carbons (Fsp3) is 0.900. The Morgan fingerprint density at radius 3 is 2.38 bits per heavy atom. The zero-order chi connectivity index (χ0) is 10.3. The first-order valence-corrected chi connectivity index (χ1v) is 4.76. The molecule has 1 aliphatic carbocycles. The van der Waals surface area contributed by atoms with E-state index in [1.54, 1.807) is 0 Å². The number of primary amides is 1. The Hall–Kier alpha value is -0.570. The number of amides is 1. The summed E-state index contributed by atoms with van der Waals surface area (Å²) in [4.78, 5) is 11.1. The summed E-state index contributed by atoms with van der Waals surface area (Å²) in [6, 6.07) is 0. The summed E-state index contributed by atoms with van der Waals surface area (Å²) in [5.74, 6) is -0.326. The molecule has 3 heteroatoms. The first kappa shape index (κ1) is 10.5. The first-order chi connectivity index (χ1) is 5.75. The van der Waals surface area contributed by atoms with Crippen LogP contribution in [0.4, 0.5) is 0 Å². The molecule has 0 aromatic carbocycles. The van der Waals surface area contributed by atoms with E-state index >= 15 is 0 Å². The zero-order valence-electron chi connectivity index (χ0n) is 8.63. The highest BCUT2D eigenvalue weighted by molar-refractivity contribution is 5.77. The van der Waals surface area contributed by atoms with Crippen molar-refractivity contribution < 1.29 is 9.90 Å². The standard InChI is InChI=1S/C10H19NO2/c1-9(2)6-10(3,13)5-4-7(9)8(11)12/h7,13H,4-6H2,1-3H3,(H2,11,12)/t7-,10-/m1/s1. The van der Waals surface area contributed by atoms with E-state index in [2.05, 4.69) is 0 Å². The lowest BCUT2D eigenvalue weighted by molar-refractivity contribution is -0.132. The third kappa shape index (κ3) is 2.21. The summed E-state index contributed by atoms with van der Waals surface area (Å²) in [6.07, 6.45) is 2.02. The van der Waals surface area contributed by atoms with Crippen molar-refractivity contribution >= 4 is 5.91 Å². The molecule has 3 N–H and O–H groups in total. The van der Waals surface area contributed by atoms with Gasteiger partial charge < -0.3 is 10.8 Å². The van der Waals surface area contributed by atoms with Gasteiger partial charge in [0.15, 0.2) is 0 Å². The van der Waals surface area contributed by atoms with Gasteiger partial charge >= 0.3 is 0 Å². The summed E-state index contributed by atoms with van der Waals surface area (Å²) in [5.41, 5.74) is 4.51. The monoisotopic (exact) mass is 185 g/mol. The molecule has 1 saturated carbocycles. The molecule has 3 nitrogen and oxygen atoms in total. The lowest BCUT2D eigenvalue weighted by atomic mass is 9.63. The van der Waals surface area contributed by atoms with Crippen LogP contribution in [0, 0.1) is 11.3 Å². The molecule has 0 saturated heterocycles. The molecular weight excluding hydrogens is 166 g/mol. The Bertz CT molecular complexity index is 221. The summed E-state index contributed by atoms with van der Waals surface area (Å²) in [5, 5.41) is 9.86. The van der Waals surface area contributed by atoms with Crippen molar-refractivity contribution in [1.82, 2.24) is 0 Å². The molecule has 0 radical (unpaired) electrons. The minimum absolute atomic E-state index is 0.0901. The highest BCUT2D eigenvalue weighted by Crippen LogP contribution is 2.44. The van der Waals surface area contributed by atoms with E-state index in [4.69, 9.17) is 5.73 Å². The van der Waals surface area contributed by atoms with Crippen LogP contribution >= 0.6 is 0 Å². The van der Waals surface area contributed by atoms with Gasteiger partial charge in [-0.3, -0.25) is 4.79 Å². The molecule has 0 bridgehead atoms. The maximum atomic E-state index is 11.1. The lowest BCUT2D eigenvalue weighted by Gasteiger charge is -2.44. The number of carbonyl (C=O) groups is 1. The maximum absolute atomic E-state index is 11.1. The van der Waals surface area contributed by atoms with Gasteiger partial charge in [-0.1, -0.05) is 13.8 Å². The van der Waals surface area contributed by atoms with Crippen LogP contribution < -0.4 is 5.73 Å². The van der Waals surface area contributed by atoms with Crippen LogP contribution in [0.25, 0.3) is 0 Å². The Balaban J connectivity index is 2.79. The molecule has 0 aromatic rings. The van der Waals surface area contributed by atoms with E-state index in [9.17, 15) is 9.90 Å². The highest BCUT2D eigenvalue weighted by Gasteiger charge is 2.43. The van der Waals surface area contributed by atoms with Gasteiger partial charge in [0, 0.05) is 5.92 Å². The number of rotatable bonds is 1. The van der Waals surface area contributed by atoms with Crippen molar-refractivity contribution in [3.05, 3.63) is 0 Å². The van der Waals surface area contributed by atoms with Gasteiger partial charge in [0.2, 0.25) is 5.91 Å². The van der Waals surface area contributed by atoms with Gasteiger partial charge in [-0.15, -0.1) is 0 Å². The molecule has 0 unspecified atom stereocenters. The summed E-state index contributed by atoms with van der Waals surface area (Å²) >= 11 is 0. The van der Waals surface area contributed by atoms with Crippen LogP contribution in [0.2, 0.25) is 0 Å². The fourth-order valence-corrected chi connectivity index (χ4v) is 2.57. The Morgan fingerprint density at radius 2 is 2.00 bits per heavy atom. The highest BCUT2D eigenvalue weighted by atomic mass is 16.3. The predicted molar refractivity (Wildman–Crippen MR) is 50.9 cm³/mol. The van der Waals surface area contributed by atoms with Crippen LogP contribution in [0.3, 0.4) is 0 Å². The second-order valence-corrected chi connectivity index (χ2v) is 5.16. The van der Waals surface area contributed by atoms with Gasteiger partial charge in [0.25, 0.3) is 0 Å². The molecule has 13 heavy (non-hydrogen) atoms. The number of hydrogen-bond acceptors (Lipinski definition) is 2. The maximum Gasteiger partial charge on any atom is 0.221 e. The van der Waals surface area contributed by atoms with Crippen molar-refractivity contribution in [1.29, 1.82) is 0 Å². The van der Waals surface area contributed by atoms with Gasteiger partial charge in [-0.2, -0.15) is 0 Å². The summed E-state index contributed by atoms with van der Waals surface area (Å²) in [6.45, 7) is 5.82. The van der Waals surface area contributed by atoms with Crippen LogP contribution in [0.5, 0.6) is 0 Å². The van der Waals surface area contributed by atoms with Gasteiger partial charge in [0.1, 0.15) is 0 Å². The second kappa shape index (κ2) is 2.98. The minimum atomic E-state index is -0.630. The molecule has 76 valence electrons. The Kier molecular flexibility index (Phi) is 2.41. The van der Waals surface area contributed by atoms with Crippen molar-refractivity contribution in [2.45, 2.75) is 45.6 Å². The average molecular weight is 185 g/mol. The second-order valence-electron chi connectivity index (χ2n) is 5.16.